The number of amides is 1. The lowest BCUT2D eigenvalue weighted by Gasteiger charge is -2.03. The number of carbonyl (C=O) groups excluding carboxylic acids is 1. The zero-order chi connectivity index (χ0) is 17.0. The normalized spacial score (nSPS) is 11.8. The number of anilines is 1. The molecule has 0 saturated carbocycles. The summed E-state index contributed by atoms with van der Waals surface area (Å²) in [5.74, 6) is -0.322. The van der Waals surface area contributed by atoms with Crippen LogP contribution in [0.15, 0.2) is 41.4 Å². The summed E-state index contributed by atoms with van der Waals surface area (Å²) in [4.78, 5) is 11.9. The molecule has 0 aliphatic carbocycles. The van der Waals surface area contributed by atoms with Crippen LogP contribution < -0.4 is 10.5 Å². The third-order valence-corrected chi connectivity index (χ3v) is 4.23. The number of hydrogen-bond donors (Lipinski definition) is 2. The third kappa shape index (κ3) is 4.27. The quantitative estimate of drug-likeness (QED) is 0.808. The minimum atomic E-state index is -3.74. The Hall–Kier alpha value is -2.45. The van der Waals surface area contributed by atoms with E-state index in [1.807, 2.05) is 18.5 Å². The van der Waals surface area contributed by atoms with Crippen LogP contribution in [0.1, 0.15) is 18.2 Å². The number of aryl methyl sites for hydroxylation is 1. The molecule has 0 unspecified atom stereocenters. The van der Waals surface area contributed by atoms with E-state index in [2.05, 4.69) is 10.4 Å². The molecule has 0 aliphatic heterocycles. The van der Waals surface area contributed by atoms with E-state index in [4.69, 9.17) is 5.14 Å². The molecule has 0 radical (unpaired) electrons. The molecule has 8 heteroatoms. The summed E-state index contributed by atoms with van der Waals surface area (Å²) in [7, 11) is -3.74. The van der Waals surface area contributed by atoms with Crippen molar-refractivity contribution >= 4 is 27.7 Å². The second-order valence-corrected chi connectivity index (χ2v) is 6.45. The number of primary sulfonamides is 1. The topological polar surface area (TPSA) is 107 Å². The maximum Gasteiger partial charge on any atom is 0.248 e. The summed E-state index contributed by atoms with van der Waals surface area (Å²) in [6, 6.07) is 5.63. The van der Waals surface area contributed by atoms with E-state index in [9.17, 15) is 13.2 Å². The molecule has 1 heterocycles. The van der Waals surface area contributed by atoms with Gasteiger partial charge in [0.25, 0.3) is 0 Å². The van der Waals surface area contributed by atoms with Crippen LogP contribution in [-0.2, 0) is 21.4 Å². The Morgan fingerprint density at radius 2 is 2.00 bits per heavy atom. The Balaban J connectivity index is 2.04. The average molecular weight is 334 g/mol. The lowest BCUT2D eigenvalue weighted by atomic mass is 10.2. The Bertz CT molecular complexity index is 836. The average Bonchev–Trinajstić information content (AvgIpc) is 2.85. The largest absolute Gasteiger partial charge is 0.323 e. The van der Waals surface area contributed by atoms with E-state index in [1.165, 1.54) is 30.3 Å². The Labute approximate surface area is 134 Å². The van der Waals surface area contributed by atoms with Crippen LogP contribution in [0.25, 0.3) is 6.08 Å². The van der Waals surface area contributed by atoms with E-state index in [1.54, 1.807) is 12.3 Å². The van der Waals surface area contributed by atoms with Crippen molar-refractivity contribution in [2.45, 2.75) is 25.3 Å². The van der Waals surface area contributed by atoms with Crippen LogP contribution >= 0.6 is 0 Å². The fourth-order valence-electron chi connectivity index (χ4n) is 2.02. The van der Waals surface area contributed by atoms with Crippen molar-refractivity contribution in [1.29, 1.82) is 0 Å². The Kier molecular flexibility index (Phi) is 4.97. The van der Waals surface area contributed by atoms with Crippen molar-refractivity contribution in [2.75, 3.05) is 5.32 Å². The molecular weight excluding hydrogens is 316 g/mol. The van der Waals surface area contributed by atoms with Gasteiger partial charge in [-0.3, -0.25) is 9.48 Å². The van der Waals surface area contributed by atoms with Gasteiger partial charge >= 0.3 is 0 Å². The first kappa shape index (κ1) is 16.9. The van der Waals surface area contributed by atoms with Gasteiger partial charge in [0.05, 0.1) is 11.1 Å². The molecule has 2 rings (SSSR count). The van der Waals surface area contributed by atoms with Crippen molar-refractivity contribution < 1.29 is 13.2 Å². The van der Waals surface area contributed by atoms with E-state index in [-0.39, 0.29) is 10.8 Å². The number of rotatable bonds is 5. The van der Waals surface area contributed by atoms with Gasteiger partial charge < -0.3 is 5.32 Å². The lowest BCUT2D eigenvalue weighted by molar-refractivity contribution is -0.111. The van der Waals surface area contributed by atoms with Gasteiger partial charge in [-0.1, -0.05) is 0 Å². The van der Waals surface area contributed by atoms with Crippen LogP contribution in [0.3, 0.4) is 0 Å². The molecule has 0 bridgehead atoms. The summed E-state index contributed by atoms with van der Waals surface area (Å²) < 4.78 is 24.1. The maximum atomic E-state index is 11.9. The maximum absolute atomic E-state index is 11.9. The summed E-state index contributed by atoms with van der Waals surface area (Å²) in [6.07, 6.45) is 4.78. The molecule has 1 aromatic carbocycles. The number of nitrogens with two attached hydrogens (primary N) is 1. The van der Waals surface area contributed by atoms with Crippen molar-refractivity contribution in [3.63, 3.8) is 0 Å². The van der Waals surface area contributed by atoms with E-state index in [0.29, 0.717) is 5.69 Å². The molecule has 7 nitrogen and oxygen atoms in total. The highest BCUT2D eigenvalue weighted by atomic mass is 32.2. The fraction of sp³-hybridized carbons (Fsp3) is 0.200. The molecule has 0 aliphatic rings. The highest BCUT2D eigenvalue weighted by Gasteiger charge is 2.07. The molecule has 23 heavy (non-hydrogen) atoms. The number of hydrogen-bond acceptors (Lipinski definition) is 4. The van der Waals surface area contributed by atoms with E-state index in [0.717, 1.165) is 17.8 Å². The number of aromatic nitrogens is 2. The van der Waals surface area contributed by atoms with Gasteiger partial charge in [-0.2, -0.15) is 5.10 Å². The van der Waals surface area contributed by atoms with Gasteiger partial charge in [0, 0.05) is 29.6 Å². The molecule has 1 aromatic heterocycles. The standard InChI is InChI=1S/C15H18N4O3S/c1-3-19-11(2)12(10-17-19)4-9-15(20)18-13-5-7-14(8-6-13)23(16,21)22/h4-10H,3H2,1-2H3,(H,18,20)(H2,16,21,22)/b9-4+. The SMILES string of the molecule is CCn1ncc(/C=C/C(=O)Nc2ccc(S(N)(=O)=O)cc2)c1C. The fourth-order valence-corrected chi connectivity index (χ4v) is 2.54. The van der Waals surface area contributed by atoms with Crippen molar-refractivity contribution in [3.8, 4) is 0 Å². The summed E-state index contributed by atoms with van der Waals surface area (Å²) >= 11 is 0. The number of sulfonamides is 1. The van der Waals surface area contributed by atoms with E-state index >= 15 is 0 Å². The number of nitrogens with one attached hydrogen (secondary N) is 1. The summed E-state index contributed by atoms with van der Waals surface area (Å²) in [5.41, 5.74) is 2.33. The van der Waals surface area contributed by atoms with Gasteiger partial charge in [0.1, 0.15) is 0 Å². The van der Waals surface area contributed by atoms with Gasteiger partial charge in [0.2, 0.25) is 15.9 Å². The molecule has 0 atom stereocenters. The summed E-state index contributed by atoms with van der Waals surface area (Å²) in [6.45, 7) is 4.69. The van der Waals surface area contributed by atoms with Crippen LogP contribution in [-0.4, -0.2) is 24.1 Å². The second-order valence-electron chi connectivity index (χ2n) is 4.89. The first-order chi connectivity index (χ1) is 10.8. The molecule has 0 saturated heterocycles. The number of benzene rings is 1. The van der Waals surface area contributed by atoms with Crippen molar-refractivity contribution in [2.24, 2.45) is 5.14 Å². The third-order valence-electron chi connectivity index (χ3n) is 3.31. The zero-order valence-corrected chi connectivity index (χ0v) is 13.7. The molecule has 122 valence electrons. The lowest BCUT2D eigenvalue weighted by Crippen LogP contribution is -2.12. The minimum absolute atomic E-state index is 0.00588. The number of carbonyl (C=O) groups is 1. The molecular formula is C15H18N4O3S. The molecule has 0 spiro atoms. The van der Waals surface area contributed by atoms with E-state index < -0.39 is 10.0 Å². The predicted octanol–water partition coefficient (Wildman–Crippen LogP) is 1.51. The molecule has 1 amide bonds. The van der Waals surface area contributed by atoms with Crippen LogP contribution in [0.4, 0.5) is 5.69 Å². The Morgan fingerprint density at radius 1 is 1.35 bits per heavy atom. The smallest absolute Gasteiger partial charge is 0.248 e. The van der Waals surface area contributed by atoms with Crippen LogP contribution in [0.5, 0.6) is 0 Å². The van der Waals surface area contributed by atoms with Crippen LogP contribution in [0, 0.1) is 6.92 Å². The van der Waals surface area contributed by atoms with Crippen molar-refractivity contribution in [3.05, 3.63) is 47.8 Å². The van der Waals surface area contributed by atoms with Crippen LogP contribution in [0.2, 0.25) is 0 Å². The first-order valence-corrected chi connectivity index (χ1v) is 8.50. The first-order valence-electron chi connectivity index (χ1n) is 6.95. The molecule has 2 aromatic rings. The molecule has 3 N–H and O–H groups in total. The van der Waals surface area contributed by atoms with Crippen molar-refractivity contribution in [1.82, 2.24) is 9.78 Å². The van der Waals surface area contributed by atoms with Gasteiger partial charge in [-0.25, -0.2) is 13.6 Å². The second kappa shape index (κ2) is 6.76. The zero-order valence-electron chi connectivity index (χ0n) is 12.9. The minimum Gasteiger partial charge on any atom is -0.323 e. The monoisotopic (exact) mass is 334 g/mol. The van der Waals surface area contributed by atoms with Gasteiger partial charge in [0.15, 0.2) is 0 Å². The predicted molar refractivity (Wildman–Crippen MR) is 88.1 cm³/mol. The Morgan fingerprint density at radius 3 is 2.52 bits per heavy atom. The highest BCUT2D eigenvalue weighted by molar-refractivity contribution is 7.89. The summed E-state index contributed by atoms with van der Waals surface area (Å²) in [5, 5.41) is 11.8. The van der Waals surface area contributed by atoms with Gasteiger partial charge in [-0.05, 0) is 44.2 Å². The molecule has 0 fully saturated rings. The highest BCUT2D eigenvalue weighted by Crippen LogP contribution is 2.13. The number of nitrogens with zero attached hydrogens (tertiary/aromatic N) is 2. The van der Waals surface area contributed by atoms with Gasteiger partial charge in [-0.15, -0.1) is 0 Å².